The summed E-state index contributed by atoms with van der Waals surface area (Å²) < 4.78 is 13.0. The van der Waals surface area contributed by atoms with Crippen LogP contribution in [0.15, 0.2) is 377 Å². The van der Waals surface area contributed by atoms with Crippen LogP contribution in [0.2, 0.25) is 0 Å². The molecule has 3 atom stereocenters. The molecule has 605 valence electrons. The summed E-state index contributed by atoms with van der Waals surface area (Å²) in [6, 6.07) is 130. The fraction of sp³-hybridized carbons (Fsp3) is 0.123. The van der Waals surface area contributed by atoms with E-state index in [4.69, 9.17) is 10.2 Å². The van der Waals surface area contributed by atoms with Gasteiger partial charge in [-0.1, -0.05) is 253 Å². The molecule has 13 aromatic carbocycles. The van der Waals surface area contributed by atoms with Gasteiger partial charge in [-0.3, -0.25) is 15.0 Å². The summed E-state index contributed by atoms with van der Waals surface area (Å²) >= 11 is 0. The second kappa shape index (κ2) is 43.0. The van der Waals surface area contributed by atoms with Crippen molar-refractivity contribution < 1.29 is 54.8 Å². The van der Waals surface area contributed by atoms with Gasteiger partial charge in [0.2, 0.25) is 0 Å². The SMILES string of the molecule is CC(C)(C)c1cc(-c2[c-]cccc2)ncn1.CC(O)CC(C)O.CC1(C)c2ccccc2-c2ccc(N(c3ccc(-c4ccccc4)cc3)c3ccc(-c4ccc5c(c4)c4ccccc4n5-c4ccccc4)cc3)cc21.[B]PCF.[BiH2].[Ir].[Ir].[c-]1ccccc1-c1ccccn1.c1ccc(-c2ccnc3c2ccc2c(-c4ccccc4)ccnc23)cc1. The number of hydrogen-bond donors (Lipinski definition) is 2. The molecule has 0 spiro atoms. The van der Waals surface area contributed by atoms with Crippen molar-refractivity contribution in [2.45, 2.75) is 77.9 Å². The van der Waals surface area contributed by atoms with Gasteiger partial charge < -0.3 is 24.7 Å². The van der Waals surface area contributed by atoms with E-state index < -0.39 is 0 Å². The maximum Gasteiger partial charge on any atom is 0.0970 e. The Bertz CT molecular complexity index is 6180. The minimum Gasteiger partial charge on any atom is -0.305 e. The molecule has 9 nitrogen and oxygen atoms in total. The van der Waals surface area contributed by atoms with Gasteiger partial charge in [0.1, 0.15) is 13.9 Å². The fourth-order valence-corrected chi connectivity index (χ4v) is 15.1. The number of para-hydroxylation sites is 2. The molecule has 0 saturated heterocycles. The second-order valence-corrected chi connectivity index (χ2v) is 31.2. The standard InChI is InChI=1S/C51H38N2.C24H16N2.C14H15N2.C11H8N.C5H12O2.CH3BFP.Bi.2Ir.2H/c1-51(2)47-19-11-9-17-43(47)44-31-30-42(34-48(44)51)52(40-26-21-36(22-27-40)35-13-5-3-6-14-35)41-28-23-37(24-29-41)38-25-32-50-46(33-38)45-18-10-12-20-49(45)53(50)39-15-7-4-8-16-39;1-3-7-17(8-4-1)19-13-15-25-23-21(19)11-12-22-20(14-16-26-24(22)23)18-9-5-2-6-10-18;1-14(2,3)13-9-12(15-10-16-13)11-7-5-4-6-8-11;1-2-6-10(7-3-1)11-8-4-5-9-12-11;1-4(6)3-5(2)7;2-4-1-3;;;;;/h3-34H,1-2H3;1-16H;4-7,9-10H,1-3H3;1-6,8-9H;4-7H,3H2,1-2H3;4H,1H2;;;;;/q;;2*-1;;;;;;;. The number of aromatic nitrogens is 6. The van der Waals surface area contributed by atoms with Gasteiger partial charge in [0.15, 0.2) is 0 Å². The molecule has 5 heterocycles. The molecule has 1 aliphatic carbocycles. The van der Waals surface area contributed by atoms with E-state index in [2.05, 4.69) is 356 Å². The minimum absolute atomic E-state index is 0. The largest absolute Gasteiger partial charge is 0.305 e. The van der Waals surface area contributed by atoms with E-state index in [9.17, 15) is 4.39 Å². The molecule has 0 bridgehead atoms. The van der Waals surface area contributed by atoms with Crippen LogP contribution >= 0.6 is 8.46 Å². The number of aliphatic hydroxyl groups is 2. The van der Waals surface area contributed by atoms with Crippen molar-refractivity contribution in [2.75, 3.05) is 11.3 Å². The van der Waals surface area contributed by atoms with Gasteiger partial charge in [0.05, 0.1) is 40.7 Å². The third-order valence-electron chi connectivity index (χ3n) is 20.8. The molecule has 15 heteroatoms. The molecule has 18 aromatic rings. The third-order valence-corrected chi connectivity index (χ3v) is 21.0. The Labute approximate surface area is 759 Å². The first-order valence-electron chi connectivity index (χ1n) is 39.7. The zero-order chi connectivity index (χ0) is 82.0. The number of pyridine rings is 3. The first-order chi connectivity index (χ1) is 57.5. The Kier molecular flexibility index (Phi) is 32.3. The van der Waals surface area contributed by atoms with E-state index in [1.807, 2.05) is 97.3 Å². The van der Waals surface area contributed by atoms with E-state index in [0.29, 0.717) is 6.42 Å². The van der Waals surface area contributed by atoms with E-state index >= 15 is 0 Å². The number of anilines is 3. The zero-order valence-electron chi connectivity index (χ0n) is 68.6. The number of benzene rings is 13. The van der Waals surface area contributed by atoms with Gasteiger partial charge in [0, 0.05) is 120 Å². The summed E-state index contributed by atoms with van der Waals surface area (Å²) in [6.45, 7) is 14.5. The summed E-state index contributed by atoms with van der Waals surface area (Å²) in [6.07, 6.45) is 6.51. The molecular weight excluding hydrogens is 2060 g/mol. The summed E-state index contributed by atoms with van der Waals surface area (Å²) in [5.74, 6) is 0. The summed E-state index contributed by atoms with van der Waals surface area (Å²) in [4.78, 5) is 24.5. The molecule has 3 unspecified atom stereocenters. The van der Waals surface area contributed by atoms with E-state index in [1.54, 1.807) is 26.4 Å². The Morgan fingerprint density at radius 1 is 0.413 bits per heavy atom. The number of fused-ring (bicyclic) bond motifs is 9. The molecule has 0 aliphatic heterocycles. The fourth-order valence-electron chi connectivity index (χ4n) is 15.1. The topological polar surface area (TPSA) is 113 Å². The summed E-state index contributed by atoms with van der Waals surface area (Å²) in [5.41, 5.74) is 28.9. The monoisotopic (exact) mass is 2150 g/mol. The quantitative estimate of drug-likeness (QED) is 0.0508. The summed E-state index contributed by atoms with van der Waals surface area (Å²) in [7, 11) is 4.65. The number of halogens is 1. The molecule has 1 aliphatic rings. The second-order valence-electron chi connectivity index (χ2n) is 30.5. The molecule has 121 heavy (non-hydrogen) atoms. The van der Waals surface area contributed by atoms with Crippen LogP contribution in [0.1, 0.15) is 71.7 Å². The molecule has 0 amide bonds. The average molecular weight is 2150 g/mol. The average Bonchev–Trinajstić information content (AvgIpc) is 1.70. The van der Waals surface area contributed by atoms with Gasteiger partial charge in [-0.25, -0.2) is 9.37 Å². The van der Waals surface area contributed by atoms with Gasteiger partial charge in [-0.2, -0.15) is 0 Å². The van der Waals surface area contributed by atoms with Gasteiger partial charge in [0.25, 0.3) is 0 Å². The number of nitrogens with zero attached hydrogens (tertiary/aromatic N) is 7. The van der Waals surface area contributed by atoms with Crippen molar-refractivity contribution in [1.29, 1.82) is 0 Å². The van der Waals surface area contributed by atoms with Crippen molar-refractivity contribution in [3.8, 4) is 83.8 Å². The van der Waals surface area contributed by atoms with Crippen LogP contribution in [0.5, 0.6) is 0 Å². The van der Waals surface area contributed by atoms with Crippen molar-refractivity contribution in [3.63, 3.8) is 0 Å². The summed E-state index contributed by atoms with van der Waals surface area (Å²) in [5, 5.41) is 21.9. The van der Waals surface area contributed by atoms with Crippen LogP contribution in [0.3, 0.4) is 0 Å². The zero-order valence-corrected chi connectivity index (χ0v) is 78.9. The van der Waals surface area contributed by atoms with Crippen LogP contribution in [-0.4, -0.2) is 92.1 Å². The molecule has 2 N–H and O–H groups in total. The predicted molar refractivity (Wildman–Crippen MR) is 502 cm³/mol. The number of aliphatic hydroxyl groups excluding tert-OH is 2. The van der Waals surface area contributed by atoms with Gasteiger partial charge in [-0.15, -0.1) is 80.2 Å². The first-order valence-corrected chi connectivity index (χ1v) is 41.0. The first kappa shape index (κ1) is 90.8. The van der Waals surface area contributed by atoms with E-state index in [0.717, 1.165) is 67.1 Å². The van der Waals surface area contributed by atoms with Crippen LogP contribution < -0.4 is 4.90 Å². The number of rotatable bonds is 13. The van der Waals surface area contributed by atoms with Crippen LogP contribution in [0, 0.1) is 12.1 Å². The molecule has 19 rings (SSSR count). The number of alkyl halides is 1. The van der Waals surface area contributed by atoms with Crippen LogP contribution in [-0.2, 0) is 51.0 Å². The molecule has 5 radical (unpaired) electrons. The van der Waals surface area contributed by atoms with Crippen molar-refractivity contribution in [3.05, 3.63) is 406 Å². The van der Waals surface area contributed by atoms with E-state index in [1.165, 1.54) is 94.3 Å². The molecule has 0 saturated carbocycles. The van der Waals surface area contributed by atoms with Gasteiger partial charge >= 0.3 is 26.2 Å². The van der Waals surface area contributed by atoms with Gasteiger partial charge in [-0.05, 0) is 183 Å². The Morgan fingerprint density at radius 2 is 0.876 bits per heavy atom. The van der Waals surface area contributed by atoms with E-state index in [-0.39, 0.29) is 104 Å². The molecule has 5 aromatic heterocycles. The maximum atomic E-state index is 10.6. The Balaban J connectivity index is 0.000000173. The normalized spacial score (nSPS) is 11.9. The van der Waals surface area contributed by atoms with Crippen LogP contribution in [0.4, 0.5) is 21.5 Å². The molecule has 0 fully saturated rings. The Hall–Kier alpha value is -11.0. The van der Waals surface area contributed by atoms with Crippen molar-refractivity contribution in [1.82, 2.24) is 29.5 Å². The smallest absolute Gasteiger partial charge is 0.0970 e. The Morgan fingerprint density at radius 3 is 1.40 bits per heavy atom. The van der Waals surface area contributed by atoms with Crippen molar-refractivity contribution >= 4 is 103 Å². The molecular formula is C106H94BBiFIr2N7O2P-2. The van der Waals surface area contributed by atoms with Crippen LogP contribution in [0.25, 0.3) is 127 Å². The number of hydrogen-bond acceptors (Lipinski definition) is 8. The van der Waals surface area contributed by atoms with Crippen molar-refractivity contribution in [2.24, 2.45) is 0 Å². The minimum atomic E-state index is -0.375. The maximum absolute atomic E-state index is 10.6. The predicted octanol–water partition coefficient (Wildman–Crippen LogP) is 25.7. The third kappa shape index (κ3) is 21.9.